The SMILES string of the molecule is [2H]c1c(OC)c([2H])c2ccc(C([2H])(C)C(=O)O)cc2c1[2H]. The van der Waals surface area contributed by atoms with Gasteiger partial charge in [0.15, 0.2) is 0 Å². The summed E-state index contributed by atoms with van der Waals surface area (Å²) in [7, 11) is 1.33. The van der Waals surface area contributed by atoms with Crippen LogP contribution in [0.25, 0.3) is 10.8 Å². The molecule has 2 aromatic carbocycles. The fraction of sp³-hybridized carbons (Fsp3) is 0.214. The van der Waals surface area contributed by atoms with Gasteiger partial charge in [-0.3, -0.25) is 4.79 Å². The fourth-order valence-corrected chi connectivity index (χ4v) is 1.49. The number of carboxylic acid groups (broad SMARTS) is 1. The molecule has 0 saturated heterocycles. The van der Waals surface area contributed by atoms with Crippen molar-refractivity contribution in [2.75, 3.05) is 7.11 Å². The minimum absolute atomic E-state index is 0.00659. The molecule has 0 aromatic heterocycles. The summed E-state index contributed by atoms with van der Waals surface area (Å²) in [6.07, 6.45) is 0. The van der Waals surface area contributed by atoms with E-state index in [4.69, 9.17) is 15.3 Å². The summed E-state index contributed by atoms with van der Waals surface area (Å²) in [6, 6.07) is 3.92. The molecule has 0 heterocycles. The summed E-state index contributed by atoms with van der Waals surface area (Å²) >= 11 is 0. The van der Waals surface area contributed by atoms with E-state index in [2.05, 4.69) is 0 Å². The van der Waals surface area contributed by atoms with E-state index in [1.807, 2.05) is 0 Å². The van der Waals surface area contributed by atoms with Crippen molar-refractivity contribution in [1.82, 2.24) is 0 Å². The molecule has 1 unspecified atom stereocenters. The maximum Gasteiger partial charge on any atom is 0.310 e. The average Bonchev–Trinajstić information content (AvgIpc) is 2.44. The van der Waals surface area contributed by atoms with Gasteiger partial charge in [0, 0.05) is 1.37 Å². The number of carboxylic acids is 1. The quantitative estimate of drug-likeness (QED) is 0.887. The van der Waals surface area contributed by atoms with Gasteiger partial charge in [0.25, 0.3) is 0 Å². The van der Waals surface area contributed by atoms with Crippen LogP contribution in [0.1, 0.15) is 23.9 Å². The standard InChI is InChI=1S/C14H14O3/c1-9(14(15)16)10-3-4-12-8-13(17-2)6-5-11(12)7-10/h3-9H,1-2H3,(H,15,16)/i5D,6D,8D,9D. The smallest absolute Gasteiger partial charge is 0.310 e. The van der Waals surface area contributed by atoms with Crippen LogP contribution in [-0.2, 0) is 4.79 Å². The van der Waals surface area contributed by atoms with Crippen LogP contribution in [0.15, 0.2) is 36.3 Å². The van der Waals surface area contributed by atoms with Gasteiger partial charge in [-0.25, -0.2) is 0 Å². The normalized spacial score (nSPS) is 17.5. The first kappa shape index (κ1) is 7.33. The number of hydrogen-bond donors (Lipinski definition) is 1. The lowest BCUT2D eigenvalue weighted by molar-refractivity contribution is -0.138. The van der Waals surface area contributed by atoms with Gasteiger partial charge in [-0.1, -0.05) is 24.2 Å². The zero-order chi connectivity index (χ0) is 15.9. The Balaban J connectivity index is 2.82. The number of benzene rings is 2. The number of fused-ring (bicyclic) bond motifs is 1. The molecule has 2 rings (SSSR count). The summed E-state index contributed by atoms with van der Waals surface area (Å²) in [5, 5.41) is 9.75. The van der Waals surface area contributed by atoms with Crippen molar-refractivity contribution in [2.24, 2.45) is 0 Å². The molecule has 0 bridgehead atoms. The Morgan fingerprint density at radius 3 is 2.88 bits per heavy atom. The second-order valence-corrected chi connectivity index (χ2v) is 3.60. The highest BCUT2D eigenvalue weighted by molar-refractivity contribution is 5.86. The summed E-state index contributed by atoms with van der Waals surface area (Å²) < 4.78 is 36.7. The van der Waals surface area contributed by atoms with Crippen LogP contribution in [0, 0.1) is 0 Å². The lowest BCUT2D eigenvalue weighted by Gasteiger charge is -2.08. The Labute approximate surface area is 105 Å². The van der Waals surface area contributed by atoms with Gasteiger partial charge >= 0.3 is 5.97 Å². The Hall–Kier alpha value is -2.03. The highest BCUT2D eigenvalue weighted by atomic mass is 16.5. The van der Waals surface area contributed by atoms with Crippen molar-refractivity contribution >= 4 is 16.7 Å². The molecule has 88 valence electrons. The van der Waals surface area contributed by atoms with E-state index in [0.717, 1.165) is 0 Å². The third-order valence-corrected chi connectivity index (χ3v) is 2.54. The third-order valence-electron chi connectivity index (χ3n) is 2.54. The number of aliphatic carboxylic acids is 1. The molecule has 0 amide bonds. The van der Waals surface area contributed by atoms with E-state index in [9.17, 15) is 4.79 Å². The number of rotatable bonds is 3. The van der Waals surface area contributed by atoms with Crippen molar-refractivity contribution in [2.45, 2.75) is 12.8 Å². The first-order valence-corrected chi connectivity index (χ1v) is 5.03. The number of carbonyl (C=O) groups is 1. The van der Waals surface area contributed by atoms with Crippen LogP contribution < -0.4 is 4.74 Å². The van der Waals surface area contributed by atoms with E-state index >= 15 is 0 Å². The topological polar surface area (TPSA) is 46.5 Å². The monoisotopic (exact) mass is 234 g/mol. The van der Waals surface area contributed by atoms with E-state index in [1.165, 1.54) is 32.2 Å². The number of ether oxygens (including phenoxy) is 1. The van der Waals surface area contributed by atoms with Crippen LogP contribution in [0.4, 0.5) is 0 Å². The van der Waals surface area contributed by atoms with Gasteiger partial charge in [0.1, 0.15) is 5.75 Å². The van der Waals surface area contributed by atoms with Gasteiger partial charge in [-0.15, -0.1) is 0 Å². The molecule has 0 spiro atoms. The Morgan fingerprint density at radius 1 is 1.47 bits per heavy atom. The van der Waals surface area contributed by atoms with Crippen LogP contribution in [0.3, 0.4) is 0 Å². The van der Waals surface area contributed by atoms with Crippen LogP contribution >= 0.6 is 0 Å². The predicted octanol–water partition coefficient (Wildman–Crippen LogP) is 3.04. The van der Waals surface area contributed by atoms with Crippen LogP contribution in [-0.4, -0.2) is 18.2 Å². The number of methoxy groups -OCH3 is 1. The Kier molecular flexibility index (Phi) is 1.92. The molecule has 3 heteroatoms. The summed E-state index contributed by atoms with van der Waals surface area (Å²) in [5.41, 5.74) is 0.194. The highest BCUT2D eigenvalue weighted by Crippen LogP contribution is 2.25. The fourth-order valence-electron chi connectivity index (χ4n) is 1.49. The largest absolute Gasteiger partial charge is 0.497 e. The van der Waals surface area contributed by atoms with E-state index in [-0.39, 0.29) is 34.8 Å². The van der Waals surface area contributed by atoms with Crippen molar-refractivity contribution in [3.8, 4) is 5.75 Å². The second-order valence-electron chi connectivity index (χ2n) is 3.60. The molecule has 0 aliphatic carbocycles. The lowest BCUT2D eigenvalue weighted by atomic mass is 9.98. The summed E-state index contributed by atoms with van der Waals surface area (Å²) in [6.45, 7) is 1.24. The van der Waals surface area contributed by atoms with Crippen LogP contribution in [0.5, 0.6) is 5.75 Å². The van der Waals surface area contributed by atoms with Crippen molar-refractivity contribution in [3.63, 3.8) is 0 Å². The van der Waals surface area contributed by atoms with E-state index in [0.29, 0.717) is 5.39 Å². The molecular weight excluding hydrogens is 216 g/mol. The maximum atomic E-state index is 11.1. The lowest BCUT2D eigenvalue weighted by Crippen LogP contribution is -2.06. The first-order chi connectivity index (χ1) is 9.71. The molecule has 3 nitrogen and oxygen atoms in total. The van der Waals surface area contributed by atoms with Crippen LogP contribution in [0.2, 0.25) is 0 Å². The molecule has 2 aromatic rings. The number of hydrogen-bond acceptors (Lipinski definition) is 2. The van der Waals surface area contributed by atoms with Gasteiger partial charge in [-0.2, -0.15) is 0 Å². The predicted molar refractivity (Wildman–Crippen MR) is 66.6 cm³/mol. The molecule has 0 aliphatic rings. The molecule has 1 N–H and O–H groups in total. The second kappa shape index (κ2) is 4.45. The van der Waals surface area contributed by atoms with Gasteiger partial charge in [0.2, 0.25) is 0 Å². The van der Waals surface area contributed by atoms with Gasteiger partial charge in [0.05, 0.1) is 17.1 Å². The summed E-state index contributed by atoms with van der Waals surface area (Å²) in [4.78, 5) is 11.1. The van der Waals surface area contributed by atoms with Crippen molar-refractivity contribution in [1.29, 1.82) is 0 Å². The van der Waals surface area contributed by atoms with E-state index < -0.39 is 11.9 Å². The minimum atomic E-state index is -1.86. The molecule has 0 saturated carbocycles. The maximum absolute atomic E-state index is 11.1. The van der Waals surface area contributed by atoms with Gasteiger partial charge < -0.3 is 9.84 Å². The van der Waals surface area contributed by atoms with E-state index in [1.54, 1.807) is 0 Å². The third kappa shape index (κ3) is 2.23. The average molecular weight is 234 g/mol. The molecular formula is C14H14O3. The highest BCUT2D eigenvalue weighted by Gasteiger charge is 2.13. The molecule has 0 aliphatic heterocycles. The van der Waals surface area contributed by atoms with Crippen molar-refractivity contribution < 1.29 is 20.1 Å². The van der Waals surface area contributed by atoms with Gasteiger partial charge in [-0.05, 0) is 35.3 Å². The zero-order valence-electron chi connectivity index (χ0n) is 13.5. The summed E-state index contributed by atoms with van der Waals surface area (Å²) in [5.74, 6) is -3.16. The Morgan fingerprint density at radius 2 is 2.24 bits per heavy atom. The zero-order valence-corrected chi connectivity index (χ0v) is 9.50. The Bertz CT molecular complexity index is 741. The first-order valence-electron chi connectivity index (χ1n) is 7.03. The molecule has 0 radical (unpaired) electrons. The minimum Gasteiger partial charge on any atom is -0.497 e. The van der Waals surface area contributed by atoms with Crippen molar-refractivity contribution in [3.05, 3.63) is 41.9 Å². The molecule has 0 fully saturated rings. The molecule has 1 atom stereocenters. The molecule has 17 heavy (non-hydrogen) atoms.